The number of halogens is 2. The summed E-state index contributed by atoms with van der Waals surface area (Å²) < 4.78 is 1.17. The Morgan fingerprint density at radius 3 is 1.67 bits per heavy atom. The Labute approximate surface area is 131 Å². The van der Waals surface area contributed by atoms with Gasteiger partial charge in [-0.15, -0.1) is 11.6 Å². The molecular formula is C15H33BrClN. The third-order valence-electron chi connectivity index (χ3n) is 3.51. The number of nitrogens with zero attached hydrogens (tertiary/aromatic N) is 1. The van der Waals surface area contributed by atoms with Crippen molar-refractivity contribution in [2.24, 2.45) is 0 Å². The summed E-state index contributed by atoms with van der Waals surface area (Å²) in [6.07, 6.45) is 12.3. The van der Waals surface area contributed by atoms with Crippen LogP contribution in [0.3, 0.4) is 0 Å². The quantitative estimate of drug-likeness (QED) is 0.288. The largest absolute Gasteiger partial charge is 1.00 e. The molecule has 18 heavy (non-hydrogen) atoms. The van der Waals surface area contributed by atoms with Crippen LogP contribution < -0.4 is 17.0 Å². The summed E-state index contributed by atoms with van der Waals surface area (Å²) in [6.45, 7) is 4.89. The summed E-state index contributed by atoms with van der Waals surface area (Å²) in [4.78, 5) is 0. The Bertz CT molecular complexity index is 163. The standard InChI is InChI=1S/C15H33ClN.BrH/c1-4-5-6-7-8-9-11-14-17(2,3)15-12-10-13-16;/h4-15H2,1-3H3;1H/q+1;/p-1. The van der Waals surface area contributed by atoms with Crippen molar-refractivity contribution in [3.8, 4) is 0 Å². The molecule has 0 atom stereocenters. The lowest BCUT2D eigenvalue weighted by atomic mass is 10.1. The number of hydrogen-bond donors (Lipinski definition) is 0. The molecule has 0 amide bonds. The van der Waals surface area contributed by atoms with Gasteiger partial charge in [-0.05, 0) is 25.7 Å². The maximum absolute atomic E-state index is 5.71. The van der Waals surface area contributed by atoms with Crippen LogP contribution in [-0.2, 0) is 0 Å². The van der Waals surface area contributed by atoms with Gasteiger partial charge < -0.3 is 21.5 Å². The van der Waals surface area contributed by atoms with Crippen LogP contribution >= 0.6 is 11.6 Å². The van der Waals surface area contributed by atoms with Crippen molar-refractivity contribution >= 4 is 11.6 Å². The third-order valence-corrected chi connectivity index (χ3v) is 3.78. The molecule has 1 nitrogen and oxygen atoms in total. The van der Waals surface area contributed by atoms with E-state index >= 15 is 0 Å². The molecule has 112 valence electrons. The second kappa shape index (κ2) is 14.1. The van der Waals surface area contributed by atoms with Crippen LogP contribution in [0, 0.1) is 0 Å². The molecular weight excluding hydrogens is 310 g/mol. The van der Waals surface area contributed by atoms with Gasteiger partial charge in [-0.25, -0.2) is 0 Å². The van der Waals surface area contributed by atoms with Gasteiger partial charge in [-0.1, -0.05) is 39.0 Å². The van der Waals surface area contributed by atoms with E-state index in [2.05, 4.69) is 21.0 Å². The van der Waals surface area contributed by atoms with Gasteiger partial charge in [0, 0.05) is 5.88 Å². The van der Waals surface area contributed by atoms with Crippen molar-refractivity contribution < 1.29 is 21.5 Å². The predicted octanol–water partition coefficient (Wildman–Crippen LogP) is 1.84. The van der Waals surface area contributed by atoms with Crippen molar-refractivity contribution in [2.75, 3.05) is 33.1 Å². The van der Waals surface area contributed by atoms with Crippen LogP contribution in [0.25, 0.3) is 0 Å². The maximum Gasteiger partial charge on any atom is 0.0782 e. The zero-order valence-corrected chi connectivity index (χ0v) is 15.0. The highest BCUT2D eigenvalue weighted by molar-refractivity contribution is 6.17. The minimum absolute atomic E-state index is 0. The van der Waals surface area contributed by atoms with Gasteiger partial charge >= 0.3 is 0 Å². The lowest BCUT2D eigenvalue weighted by Gasteiger charge is -2.29. The van der Waals surface area contributed by atoms with E-state index < -0.39 is 0 Å². The molecule has 0 bridgehead atoms. The van der Waals surface area contributed by atoms with Crippen LogP contribution in [0.15, 0.2) is 0 Å². The Kier molecular flexibility index (Phi) is 16.5. The monoisotopic (exact) mass is 341 g/mol. The first-order valence-corrected chi connectivity index (χ1v) is 8.04. The maximum atomic E-state index is 5.71. The third kappa shape index (κ3) is 14.8. The zero-order chi connectivity index (χ0) is 13.0. The fraction of sp³-hybridized carbons (Fsp3) is 1.00. The van der Waals surface area contributed by atoms with E-state index in [1.54, 1.807) is 0 Å². The molecule has 0 aromatic heterocycles. The van der Waals surface area contributed by atoms with Gasteiger partial charge in [-0.2, -0.15) is 0 Å². The zero-order valence-electron chi connectivity index (χ0n) is 12.7. The molecule has 0 fully saturated rings. The molecule has 0 saturated heterocycles. The Morgan fingerprint density at radius 1 is 0.722 bits per heavy atom. The van der Waals surface area contributed by atoms with E-state index in [0.717, 1.165) is 5.88 Å². The van der Waals surface area contributed by atoms with Gasteiger partial charge in [0.05, 0.1) is 27.2 Å². The van der Waals surface area contributed by atoms with Crippen molar-refractivity contribution in [1.29, 1.82) is 0 Å². The van der Waals surface area contributed by atoms with Crippen LogP contribution in [0.1, 0.15) is 64.7 Å². The fourth-order valence-electron chi connectivity index (χ4n) is 2.24. The average Bonchev–Trinajstić information content (AvgIpc) is 2.28. The molecule has 0 heterocycles. The lowest BCUT2D eigenvalue weighted by molar-refractivity contribution is -0.890. The highest BCUT2D eigenvalue weighted by Crippen LogP contribution is 2.10. The summed E-state index contributed by atoms with van der Waals surface area (Å²) in [5.74, 6) is 0.817. The molecule has 0 aliphatic carbocycles. The fourth-order valence-corrected chi connectivity index (χ4v) is 2.43. The molecule has 0 aromatic rings. The average molecular weight is 343 g/mol. The van der Waals surface area contributed by atoms with Crippen LogP contribution in [-0.4, -0.2) is 37.5 Å². The summed E-state index contributed by atoms with van der Waals surface area (Å²) >= 11 is 5.71. The molecule has 0 aliphatic rings. The highest BCUT2D eigenvalue weighted by atomic mass is 79.9. The minimum Gasteiger partial charge on any atom is -1.00 e. The van der Waals surface area contributed by atoms with E-state index in [9.17, 15) is 0 Å². The lowest BCUT2D eigenvalue weighted by Crippen LogP contribution is -3.00. The number of alkyl halides is 1. The molecule has 0 unspecified atom stereocenters. The summed E-state index contributed by atoms with van der Waals surface area (Å²) in [6, 6.07) is 0. The molecule has 0 radical (unpaired) electrons. The summed E-state index contributed by atoms with van der Waals surface area (Å²) in [7, 11) is 4.70. The number of unbranched alkanes of at least 4 members (excludes halogenated alkanes) is 7. The molecule has 0 saturated carbocycles. The number of hydrogen-bond acceptors (Lipinski definition) is 0. The van der Waals surface area contributed by atoms with E-state index in [1.807, 2.05) is 0 Å². The van der Waals surface area contributed by atoms with E-state index in [0.29, 0.717) is 0 Å². The van der Waals surface area contributed by atoms with Gasteiger partial charge in [0.25, 0.3) is 0 Å². The van der Waals surface area contributed by atoms with Crippen molar-refractivity contribution in [3.05, 3.63) is 0 Å². The van der Waals surface area contributed by atoms with Crippen LogP contribution in [0.2, 0.25) is 0 Å². The second-order valence-corrected chi connectivity index (χ2v) is 6.28. The number of quaternary nitrogens is 1. The second-order valence-electron chi connectivity index (χ2n) is 5.90. The summed E-state index contributed by atoms with van der Waals surface area (Å²) in [5.41, 5.74) is 0. The van der Waals surface area contributed by atoms with E-state index in [1.165, 1.54) is 75.4 Å². The van der Waals surface area contributed by atoms with Crippen LogP contribution in [0.5, 0.6) is 0 Å². The molecule has 3 heteroatoms. The molecule has 0 rings (SSSR count). The minimum atomic E-state index is 0. The van der Waals surface area contributed by atoms with E-state index in [-0.39, 0.29) is 17.0 Å². The Morgan fingerprint density at radius 2 is 1.17 bits per heavy atom. The Hall–Kier alpha value is 0.730. The first-order valence-electron chi connectivity index (χ1n) is 7.50. The van der Waals surface area contributed by atoms with Gasteiger partial charge in [0.2, 0.25) is 0 Å². The first kappa shape index (κ1) is 21.0. The molecule has 0 N–H and O–H groups in total. The van der Waals surface area contributed by atoms with E-state index in [4.69, 9.17) is 11.6 Å². The summed E-state index contributed by atoms with van der Waals surface area (Å²) in [5, 5.41) is 0. The number of rotatable bonds is 12. The molecule has 0 aromatic carbocycles. The van der Waals surface area contributed by atoms with Gasteiger partial charge in [0.15, 0.2) is 0 Å². The highest BCUT2D eigenvalue weighted by Gasteiger charge is 2.13. The van der Waals surface area contributed by atoms with Gasteiger partial charge in [-0.3, -0.25) is 0 Å². The van der Waals surface area contributed by atoms with Crippen molar-refractivity contribution in [3.63, 3.8) is 0 Å². The predicted molar refractivity (Wildman–Crippen MR) is 79.8 cm³/mol. The van der Waals surface area contributed by atoms with Crippen molar-refractivity contribution in [1.82, 2.24) is 0 Å². The normalized spacial score (nSPS) is 11.3. The Balaban J connectivity index is 0. The first-order chi connectivity index (χ1) is 8.12. The van der Waals surface area contributed by atoms with Crippen LogP contribution in [0.4, 0.5) is 0 Å². The van der Waals surface area contributed by atoms with Crippen molar-refractivity contribution in [2.45, 2.75) is 64.7 Å². The molecule has 0 aliphatic heterocycles. The van der Waals surface area contributed by atoms with Gasteiger partial charge in [0.1, 0.15) is 0 Å². The topological polar surface area (TPSA) is 0 Å². The molecule has 0 spiro atoms. The smallest absolute Gasteiger partial charge is 0.0782 e. The SMILES string of the molecule is CCCCCCCCC[N+](C)(C)CCCCCl.[Br-].